The van der Waals surface area contributed by atoms with E-state index in [9.17, 15) is 4.79 Å². The van der Waals surface area contributed by atoms with Crippen molar-refractivity contribution < 1.29 is 4.79 Å². The highest BCUT2D eigenvalue weighted by molar-refractivity contribution is 5.99. The van der Waals surface area contributed by atoms with Gasteiger partial charge in [0, 0.05) is 11.9 Å². The van der Waals surface area contributed by atoms with Gasteiger partial charge in [0.15, 0.2) is 0 Å². The van der Waals surface area contributed by atoms with Gasteiger partial charge in [0.05, 0.1) is 0 Å². The number of benzene rings is 1. The van der Waals surface area contributed by atoms with Crippen LogP contribution in [0.15, 0.2) is 48.7 Å². The number of rotatable bonds is 4. The zero-order valence-corrected chi connectivity index (χ0v) is 11.8. The molecule has 1 heterocycles. The van der Waals surface area contributed by atoms with Crippen LogP contribution in [0.25, 0.3) is 0 Å². The van der Waals surface area contributed by atoms with Crippen LogP contribution in [0.5, 0.6) is 0 Å². The summed E-state index contributed by atoms with van der Waals surface area (Å²) in [5.74, 6) is 1.06. The number of amides is 2. The van der Waals surface area contributed by atoms with Crippen LogP contribution in [0.2, 0.25) is 0 Å². The number of hydrogen-bond acceptors (Lipinski definition) is 2. The van der Waals surface area contributed by atoms with Crippen molar-refractivity contribution in [2.24, 2.45) is 0 Å². The first kappa shape index (κ1) is 14.1. The first-order valence-electron chi connectivity index (χ1n) is 6.78. The molecule has 104 valence electrons. The highest BCUT2D eigenvalue weighted by Gasteiger charge is 2.05. The second kappa shape index (κ2) is 6.70. The molecule has 0 fully saturated rings. The molecule has 0 radical (unpaired) electrons. The van der Waals surface area contributed by atoms with Gasteiger partial charge in [-0.1, -0.05) is 32.0 Å². The van der Waals surface area contributed by atoms with Gasteiger partial charge in [-0.05, 0) is 42.2 Å². The number of nitrogens with zero attached hydrogens (tertiary/aromatic N) is 1. The lowest BCUT2D eigenvalue weighted by Gasteiger charge is -2.11. The van der Waals surface area contributed by atoms with Gasteiger partial charge < -0.3 is 5.32 Å². The predicted octanol–water partition coefficient (Wildman–Crippen LogP) is 4.24. The Morgan fingerprint density at radius 1 is 1.15 bits per heavy atom. The molecule has 0 aliphatic heterocycles. The first-order valence-corrected chi connectivity index (χ1v) is 6.78. The number of pyridine rings is 1. The second-order valence-electron chi connectivity index (χ2n) is 4.73. The first-order chi connectivity index (χ1) is 9.69. The van der Waals surface area contributed by atoms with Crippen molar-refractivity contribution in [1.82, 2.24) is 4.98 Å². The lowest BCUT2D eigenvalue weighted by atomic mass is 9.99. The van der Waals surface area contributed by atoms with Crippen molar-refractivity contribution >= 4 is 17.5 Å². The SMILES string of the molecule is CC[C@@H](C)c1ccc(NC(=O)Nc2ccccn2)cc1. The largest absolute Gasteiger partial charge is 0.324 e. The third kappa shape index (κ3) is 3.82. The van der Waals surface area contributed by atoms with Gasteiger partial charge >= 0.3 is 6.03 Å². The number of carbonyl (C=O) groups excluding carboxylic acids is 1. The highest BCUT2D eigenvalue weighted by Crippen LogP contribution is 2.20. The minimum Gasteiger partial charge on any atom is -0.308 e. The fourth-order valence-corrected chi connectivity index (χ4v) is 1.85. The summed E-state index contributed by atoms with van der Waals surface area (Å²) in [5.41, 5.74) is 2.05. The molecule has 0 saturated heterocycles. The standard InChI is InChI=1S/C16H19N3O/c1-3-12(2)13-7-9-14(10-8-13)18-16(20)19-15-6-4-5-11-17-15/h4-12H,3H2,1-2H3,(H2,17,18,19,20)/t12-/m1/s1. The summed E-state index contributed by atoms with van der Waals surface area (Å²) >= 11 is 0. The van der Waals surface area contributed by atoms with Crippen molar-refractivity contribution in [2.75, 3.05) is 10.6 Å². The highest BCUT2D eigenvalue weighted by atomic mass is 16.2. The number of hydrogen-bond donors (Lipinski definition) is 2. The lowest BCUT2D eigenvalue weighted by molar-refractivity contribution is 0.262. The molecule has 4 heteroatoms. The Balaban J connectivity index is 1.94. The molecule has 0 unspecified atom stereocenters. The zero-order valence-electron chi connectivity index (χ0n) is 11.8. The van der Waals surface area contributed by atoms with Gasteiger partial charge in [-0.2, -0.15) is 0 Å². The van der Waals surface area contributed by atoms with Crippen LogP contribution in [0.4, 0.5) is 16.3 Å². The number of aromatic nitrogens is 1. The lowest BCUT2D eigenvalue weighted by Crippen LogP contribution is -2.19. The van der Waals surface area contributed by atoms with Crippen molar-refractivity contribution in [3.63, 3.8) is 0 Å². The maximum atomic E-state index is 11.8. The summed E-state index contributed by atoms with van der Waals surface area (Å²) < 4.78 is 0. The molecule has 0 saturated carbocycles. The molecule has 20 heavy (non-hydrogen) atoms. The second-order valence-corrected chi connectivity index (χ2v) is 4.73. The smallest absolute Gasteiger partial charge is 0.308 e. The van der Waals surface area contributed by atoms with Crippen molar-refractivity contribution in [2.45, 2.75) is 26.2 Å². The van der Waals surface area contributed by atoms with Gasteiger partial charge in [0.2, 0.25) is 0 Å². The quantitative estimate of drug-likeness (QED) is 0.872. The molecule has 2 rings (SSSR count). The number of nitrogens with one attached hydrogen (secondary N) is 2. The number of carbonyl (C=O) groups is 1. The molecular weight excluding hydrogens is 250 g/mol. The molecule has 0 aliphatic carbocycles. The van der Waals surface area contributed by atoms with Crippen LogP contribution >= 0.6 is 0 Å². The van der Waals surface area contributed by atoms with Gasteiger partial charge in [-0.3, -0.25) is 5.32 Å². The summed E-state index contributed by atoms with van der Waals surface area (Å²) in [4.78, 5) is 15.8. The maximum Gasteiger partial charge on any atom is 0.324 e. The predicted molar refractivity (Wildman–Crippen MR) is 82.0 cm³/mol. The van der Waals surface area contributed by atoms with Gasteiger partial charge in [-0.25, -0.2) is 9.78 Å². The van der Waals surface area contributed by atoms with E-state index in [2.05, 4.69) is 29.5 Å². The molecule has 2 N–H and O–H groups in total. The van der Waals surface area contributed by atoms with Crippen molar-refractivity contribution in [3.8, 4) is 0 Å². The van der Waals surface area contributed by atoms with E-state index < -0.39 is 0 Å². The molecule has 1 aromatic heterocycles. The average Bonchev–Trinajstić information content (AvgIpc) is 2.48. The Labute approximate surface area is 119 Å². The topological polar surface area (TPSA) is 54.0 Å². The van der Waals surface area contributed by atoms with E-state index in [0.29, 0.717) is 11.7 Å². The van der Waals surface area contributed by atoms with Crippen LogP contribution in [0.3, 0.4) is 0 Å². The molecule has 0 spiro atoms. The van der Waals surface area contributed by atoms with Crippen LogP contribution in [0, 0.1) is 0 Å². The van der Waals surface area contributed by atoms with Gasteiger partial charge in [0.1, 0.15) is 5.82 Å². The number of urea groups is 1. The Kier molecular flexibility index (Phi) is 4.71. The molecule has 2 aromatic rings. The summed E-state index contributed by atoms with van der Waals surface area (Å²) in [6, 6.07) is 13.0. The van der Waals surface area contributed by atoms with Crippen LogP contribution in [0.1, 0.15) is 31.7 Å². The molecule has 0 aliphatic rings. The Bertz CT molecular complexity index is 552. The normalized spacial score (nSPS) is 11.7. The Hall–Kier alpha value is -2.36. The van der Waals surface area contributed by atoms with E-state index in [1.54, 1.807) is 18.3 Å². The van der Waals surface area contributed by atoms with Gasteiger partial charge in [0.25, 0.3) is 0 Å². The van der Waals surface area contributed by atoms with E-state index in [4.69, 9.17) is 0 Å². The van der Waals surface area contributed by atoms with Crippen molar-refractivity contribution in [1.29, 1.82) is 0 Å². The summed E-state index contributed by atoms with van der Waals surface area (Å²) in [5, 5.41) is 5.46. The fraction of sp³-hybridized carbons (Fsp3) is 0.250. The zero-order chi connectivity index (χ0) is 14.4. The molecular formula is C16H19N3O. The third-order valence-corrected chi connectivity index (χ3v) is 3.26. The summed E-state index contributed by atoms with van der Waals surface area (Å²) in [6.45, 7) is 4.35. The average molecular weight is 269 g/mol. The minimum atomic E-state index is -0.292. The Morgan fingerprint density at radius 3 is 2.50 bits per heavy atom. The molecule has 0 bridgehead atoms. The minimum absolute atomic E-state index is 0.292. The fourth-order valence-electron chi connectivity index (χ4n) is 1.85. The molecule has 1 aromatic carbocycles. The van der Waals surface area contributed by atoms with E-state index in [1.807, 2.05) is 30.3 Å². The monoisotopic (exact) mass is 269 g/mol. The van der Waals surface area contributed by atoms with E-state index in [1.165, 1.54) is 5.56 Å². The van der Waals surface area contributed by atoms with E-state index in [0.717, 1.165) is 12.1 Å². The van der Waals surface area contributed by atoms with Crippen LogP contribution < -0.4 is 10.6 Å². The van der Waals surface area contributed by atoms with Crippen molar-refractivity contribution in [3.05, 3.63) is 54.2 Å². The Morgan fingerprint density at radius 2 is 1.90 bits per heavy atom. The number of anilines is 2. The van der Waals surface area contributed by atoms with E-state index in [-0.39, 0.29) is 6.03 Å². The van der Waals surface area contributed by atoms with Crippen LogP contribution in [-0.4, -0.2) is 11.0 Å². The summed E-state index contributed by atoms with van der Waals surface area (Å²) in [6.07, 6.45) is 2.74. The third-order valence-electron chi connectivity index (χ3n) is 3.26. The van der Waals surface area contributed by atoms with E-state index >= 15 is 0 Å². The maximum absolute atomic E-state index is 11.8. The van der Waals surface area contributed by atoms with Crippen LogP contribution in [-0.2, 0) is 0 Å². The molecule has 2 amide bonds. The summed E-state index contributed by atoms with van der Waals surface area (Å²) in [7, 11) is 0. The molecule has 4 nitrogen and oxygen atoms in total. The molecule has 1 atom stereocenters. The van der Waals surface area contributed by atoms with Gasteiger partial charge in [-0.15, -0.1) is 0 Å².